The van der Waals surface area contributed by atoms with Crippen LogP contribution in [-0.2, 0) is 0 Å². The van der Waals surface area contributed by atoms with E-state index >= 15 is 0 Å². The molecule has 3 nitrogen and oxygen atoms in total. The highest BCUT2D eigenvalue weighted by atomic mass is 16.4. The number of nitrogens with zero attached hydrogens (tertiary/aromatic N) is 2. The van der Waals surface area contributed by atoms with Crippen molar-refractivity contribution in [2.24, 2.45) is 4.99 Å². The summed E-state index contributed by atoms with van der Waals surface area (Å²) in [7, 11) is 0. The van der Waals surface area contributed by atoms with Crippen molar-refractivity contribution in [3.8, 4) is 0 Å². The molecule has 0 saturated heterocycles. The van der Waals surface area contributed by atoms with Gasteiger partial charge in [-0.1, -0.05) is 33.4 Å². The van der Waals surface area contributed by atoms with E-state index in [-0.39, 0.29) is 0 Å². The number of oxazole rings is 1. The molecule has 1 heterocycles. The van der Waals surface area contributed by atoms with Crippen LogP contribution in [-0.4, -0.2) is 10.7 Å². The van der Waals surface area contributed by atoms with E-state index in [0.29, 0.717) is 17.5 Å². The first-order valence-corrected chi connectivity index (χ1v) is 6.47. The van der Waals surface area contributed by atoms with Crippen LogP contribution in [0.5, 0.6) is 0 Å². The van der Waals surface area contributed by atoms with Gasteiger partial charge in [0.15, 0.2) is 0 Å². The van der Waals surface area contributed by atoms with E-state index in [2.05, 4.69) is 37.0 Å². The molecule has 18 heavy (non-hydrogen) atoms. The van der Waals surface area contributed by atoms with E-state index in [1.807, 2.05) is 6.92 Å². The second-order valence-corrected chi connectivity index (χ2v) is 4.30. The van der Waals surface area contributed by atoms with Crippen molar-refractivity contribution >= 4 is 17.7 Å². The van der Waals surface area contributed by atoms with Gasteiger partial charge < -0.3 is 4.42 Å². The SMILES string of the molecule is C=C/C(C)=N\c1oc(C(CC)CCC)nc1C=C. The molecule has 0 amide bonds. The van der Waals surface area contributed by atoms with Gasteiger partial charge in [0, 0.05) is 11.6 Å². The second-order valence-electron chi connectivity index (χ2n) is 4.30. The van der Waals surface area contributed by atoms with E-state index in [1.165, 1.54) is 0 Å². The molecule has 0 aliphatic rings. The lowest BCUT2D eigenvalue weighted by molar-refractivity contribution is 0.427. The van der Waals surface area contributed by atoms with Crippen LogP contribution in [0.4, 0.5) is 5.88 Å². The molecule has 0 aliphatic carbocycles. The van der Waals surface area contributed by atoms with Gasteiger partial charge in [-0.15, -0.1) is 0 Å². The fourth-order valence-electron chi connectivity index (χ4n) is 1.78. The van der Waals surface area contributed by atoms with Crippen molar-refractivity contribution in [1.29, 1.82) is 0 Å². The number of hydrogen-bond acceptors (Lipinski definition) is 3. The van der Waals surface area contributed by atoms with Crippen LogP contribution < -0.4 is 0 Å². The fraction of sp³-hybridized carbons (Fsp3) is 0.467. The Morgan fingerprint density at radius 2 is 2.17 bits per heavy atom. The van der Waals surface area contributed by atoms with Crippen molar-refractivity contribution in [1.82, 2.24) is 4.98 Å². The molecule has 0 N–H and O–H groups in total. The zero-order chi connectivity index (χ0) is 13.5. The first kappa shape index (κ1) is 14.4. The lowest BCUT2D eigenvalue weighted by Crippen LogP contribution is -1.96. The van der Waals surface area contributed by atoms with E-state index in [9.17, 15) is 0 Å². The maximum absolute atomic E-state index is 5.77. The Kier molecular flexibility index (Phi) is 5.56. The third-order valence-corrected chi connectivity index (χ3v) is 2.90. The Balaban J connectivity index is 3.10. The van der Waals surface area contributed by atoms with Crippen LogP contribution in [0.25, 0.3) is 6.08 Å². The summed E-state index contributed by atoms with van der Waals surface area (Å²) in [4.78, 5) is 8.82. The molecule has 1 aromatic rings. The molecule has 0 spiro atoms. The van der Waals surface area contributed by atoms with Gasteiger partial charge in [-0.25, -0.2) is 9.98 Å². The van der Waals surface area contributed by atoms with Crippen LogP contribution in [0.2, 0.25) is 0 Å². The molecule has 0 fully saturated rings. The second kappa shape index (κ2) is 6.94. The summed E-state index contributed by atoms with van der Waals surface area (Å²) < 4.78 is 5.77. The lowest BCUT2D eigenvalue weighted by Gasteiger charge is -2.07. The number of aromatic nitrogens is 1. The maximum atomic E-state index is 5.77. The standard InChI is InChI=1S/C15H22N2O/c1-6-10-12(8-3)14-17-13(9-4)15(18-14)16-11(5)7-2/h7,9,12H,2,4,6,8,10H2,1,3,5H3/b16-11-. The lowest BCUT2D eigenvalue weighted by atomic mass is 10.0. The Morgan fingerprint density at radius 1 is 1.44 bits per heavy atom. The van der Waals surface area contributed by atoms with Crippen molar-refractivity contribution in [2.45, 2.75) is 46.0 Å². The number of allylic oxidation sites excluding steroid dienone is 1. The average Bonchev–Trinajstić information content (AvgIpc) is 2.78. The zero-order valence-corrected chi connectivity index (χ0v) is 11.6. The first-order valence-electron chi connectivity index (χ1n) is 6.47. The molecule has 0 radical (unpaired) electrons. The smallest absolute Gasteiger partial charge is 0.247 e. The van der Waals surface area contributed by atoms with Crippen molar-refractivity contribution in [2.75, 3.05) is 0 Å². The molecular formula is C15H22N2O. The van der Waals surface area contributed by atoms with Crippen molar-refractivity contribution < 1.29 is 4.42 Å². The molecule has 1 atom stereocenters. The summed E-state index contributed by atoms with van der Waals surface area (Å²) in [6.07, 6.45) is 6.60. The van der Waals surface area contributed by atoms with Crippen molar-refractivity contribution in [3.63, 3.8) is 0 Å². The first-order chi connectivity index (χ1) is 8.65. The predicted molar refractivity (Wildman–Crippen MR) is 77.5 cm³/mol. The largest absolute Gasteiger partial charge is 0.422 e. The molecule has 3 heteroatoms. The Labute approximate surface area is 109 Å². The number of aliphatic imine (C=N–C) groups is 1. The Hall–Kier alpha value is -1.64. The summed E-state index contributed by atoms with van der Waals surface area (Å²) in [5.74, 6) is 1.67. The number of hydrogen-bond donors (Lipinski definition) is 0. The summed E-state index contributed by atoms with van der Waals surface area (Å²) in [5, 5.41) is 0. The summed E-state index contributed by atoms with van der Waals surface area (Å²) in [6, 6.07) is 0. The van der Waals surface area contributed by atoms with Crippen LogP contribution in [0.3, 0.4) is 0 Å². The Morgan fingerprint density at radius 3 is 2.67 bits per heavy atom. The third-order valence-electron chi connectivity index (χ3n) is 2.90. The van der Waals surface area contributed by atoms with E-state index < -0.39 is 0 Å². The molecule has 0 saturated carbocycles. The molecule has 0 aliphatic heterocycles. The minimum atomic E-state index is 0.363. The van der Waals surface area contributed by atoms with Crippen LogP contribution >= 0.6 is 0 Å². The van der Waals surface area contributed by atoms with Crippen LogP contribution in [0.1, 0.15) is 57.5 Å². The van der Waals surface area contributed by atoms with Gasteiger partial charge >= 0.3 is 0 Å². The van der Waals surface area contributed by atoms with Gasteiger partial charge in [0.1, 0.15) is 5.69 Å². The van der Waals surface area contributed by atoms with Crippen molar-refractivity contribution in [3.05, 3.63) is 30.8 Å². The highest BCUT2D eigenvalue weighted by Crippen LogP contribution is 2.30. The van der Waals surface area contributed by atoms with Gasteiger partial charge in [0.25, 0.3) is 0 Å². The topological polar surface area (TPSA) is 38.4 Å². The van der Waals surface area contributed by atoms with Crippen LogP contribution in [0, 0.1) is 0 Å². The van der Waals surface area contributed by atoms with E-state index in [0.717, 1.165) is 30.9 Å². The number of rotatable bonds is 7. The molecular weight excluding hydrogens is 224 g/mol. The van der Waals surface area contributed by atoms with Crippen LogP contribution in [0.15, 0.2) is 28.6 Å². The van der Waals surface area contributed by atoms with Gasteiger partial charge in [-0.2, -0.15) is 0 Å². The average molecular weight is 246 g/mol. The minimum absolute atomic E-state index is 0.363. The zero-order valence-electron chi connectivity index (χ0n) is 11.6. The highest BCUT2D eigenvalue weighted by Gasteiger charge is 2.17. The Bertz CT molecular complexity index is 443. The minimum Gasteiger partial charge on any atom is -0.422 e. The maximum Gasteiger partial charge on any atom is 0.247 e. The summed E-state index contributed by atoms with van der Waals surface area (Å²) >= 11 is 0. The van der Waals surface area contributed by atoms with Gasteiger partial charge in [-0.05, 0) is 31.9 Å². The quantitative estimate of drug-likeness (QED) is 0.642. The van der Waals surface area contributed by atoms with E-state index in [4.69, 9.17) is 4.42 Å². The normalized spacial score (nSPS) is 13.4. The molecule has 1 aromatic heterocycles. The molecule has 98 valence electrons. The highest BCUT2D eigenvalue weighted by molar-refractivity contribution is 5.94. The van der Waals surface area contributed by atoms with Gasteiger partial charge in [-0.3, -0.25) is 0 Å². The fourth-order valence-corrected chi connectivity index (χ4v) is 1.78. The summed E-state index contributed by atoms with van der Waals surface area (Å²) in [5.41, 5.74) is 1.52. The monoisotopic (exact) mass is 246 g/mol. The van der Waals surface area contributed by atoms with Gasteiger partial charge in [0.2, 0.25) is 11.8 Å². The molecule has 0 bridgehead atoms. The molecule has 0 aromatic carbocycles. The molecule has 1 unspecified atom stereocenters. The predicted octanol–water partition coefficient (Wildman–Crippen LogP) is 4.89. The van der Waals surface area contributed by atoms with E-state index in [1.54, 1.807) is 12.2 Å². The molecule has 1 rings (SSSR count). The van der Waals surface area contributed by atoms with Gasteiger partial charge in [0.05, 0.1) is 0 Å². The summed E-state index contributed by atoms with van der Waals surface area (Å²) in [6.45, 7) is 13.6. The third kappa shape index (κ3) is 3.42.